The van der Waals surface area contributed by atoms with Crippen molar-refractivity contribution in [1.29, 1.82) is 0 Å². The minimum absolute atomic E-state index is 0.389. The summed E-state index contributed by atoms with van der Waals surface area (Å²) in [5, 5.41) is 0. The fourth-order valence-electron chi connectivity index (χ4n) is 0.617. The van der Waals surface area contributed by atoms with Crippen LogP contribution >= 0.6 is 0 Å². The second kappa shape index (κ2) is 4.78. The summed E-state index contributed by atoms with van der Waals surface area (Å²) in [4.78, 5) is 3.87. The van der Waals surface area contributed by atoms with Crippen molar-refractivity contribution in [3.8, 4) is 0 Å². The highest BCUT2D eigenvalue weighted by Crippen LogP contribution is 1.98. The summed E-state index contributed by atoms with van der Waals surface area (Å²) in [5.74, 6) is 0. The lowest BCUT2D eigenvalue weighted by Gasteiger charge is -2.04. The molecule has 0 aromatic rings. The van der Waals surface area contributed by atoms with Gasteiger partial charge in [-0.1, -0.05) is 6.92 Å². The first-order valence-corrected chi connectivity index (χ1v) is 3.01. The Morgan fingerprint density at radius 3 is 2.50 bits per heavy atom. The zero-order chi connectivity index (χ0) is 6.41. The molecule has 1 unspecified atom stereocenters. The Labute approximate surface area is 50.8 Å². The predicted octanol–water partition coefficient (Wildman–Crippen LogP) is 0.814. The molecular weight excluding hydrogens is 100 g/mol. The van der Waals surface area contributed by atoms with E-state index in [0.29, 0.717) is 6.04 Å². The zero-order valence-corrected chi connectivity index (χ0v) is 5.43. The standard InChI is InChI=1S/C6H14N2/c1-3-6(8-2)4-5-7/h6H,2-5,7H2,1H3. The van der Waals surface area contributed by atoms with E-state index in [4.69, 9.17) is 5.73 Å². The number of hydrogen-bond acceptors (Lipinski definition) is 2. The van der Waals surface area contributed by atoms with Gasteiger partial charge in [-0.15, -0.1) is 0 Å². The van der Waals surface area contributed by atoms with E-state index in [0.717, 1.165) is 19.4 Å². The van der Waals surface area contributed by atoms with Gasteiger partial charge in [-0.3, -0.25) is 4.99 Å². The van der Waals surface area contributed by atoms with Gasteiger partial charge >= 0.3 is 0 Å². The minimum Gasteiger partial charge on any atom is -0.330 e. The van der Waals surface area contributed by atoms with Crippen LogP contribution in [0.4, 0.5) is 0 Å². The van der Waals surface area contributed by atoms with Crippen LogP contribution in [0.2, 0.25) is 0 Å². The molecule has 0 heterocycles. The highest BCUT2D eigenvalue weighted by molar-refractivity contribution is 5.24. The van der Waals surface area contributed by atoms with Gasteiger partial charge in [0.25, 0.3) is 0 Å². The molecular formula is C6H14N2. The Morgan fingerprint density at radius 1 is 1.75 bits per heavy atom. The Hall–Kier alpha value is -0.370. The van der Waals surface area contributed by atoms with E-state index in [1.54, 1.807) is 0 Å². The second-order valence-corrected chi connectivity index (χ2v) is 1.82. The summed E-state index contributed by atoms with van der Waals surface area (Å²) in [6.07, 6.45) is 2.03. The smallest absolute Gasteiger partial charge is 0.0501 e. The lowest BCUT2D eigenvalue weighted by atomic mass is 10.2. The van der Waals surface area contributed by atoms with Crippen LogP contribution in [-0.4, -0.2) is 19.3 Å². The van der Waals surface area contributed by atoms with Crippen molar-refractivity contribution in [3.05, 3.63) is 0 Å². The van der Waals surface area contributed by atoms with E-state index < -0.39 is 0 Å². The van der Waals surface area contributed by atoms with Crippen LogP contribution in [0, 0.1) is 0 Å². The van der Waals surface area contributed by atoms with E-state index in [1.165, 1.54) is 0 Å². The largest absolute Gasteiger partial charge is 0.330 e. The minimum atomic E-state index is 0.389. The molecule has 2 heteroatoms. The van der Waals surface area contributed by atoms with Gasteiger partial charge in [0.15, 0.2) is 0 Å². The molecule has 0 aromatic carbocycles. The van der Waals surface area contributed by atoms with Gasteiger partial charge in [-0.05, 0) is 26.1 Å². The molecule has 0 fully saturated rings. The second-order valence-electron chi connectivity index (χ2n) is 1.82. The van der Waals surface area contributed by atoms with Crippen molar-refractivity contribution in [2.75, 3.05) is 6.54 Å². The molecule has 0 aliphatic heterocycles. The van der Waals surface area contributed by atoms with Crippen LogP contribution in [0.3, 0.4) is 0 Å². The summed E-state index contributed by atoms with van der Waals surface area (Å²) >= 11 is 0. The summed E-state index contributed by atoms with van der Waals surface area (Å²) in [6, 6.07) is 0.389. The third kappa shape index (κ3) is 2.75. The van der Waals surface area contributed by atoms with Crippen LogP contribution in [0.15, 0.2) is 4.99 Å². The third-order valence-electron chi connectivity index (χ3n) is 1.23. The SMILES string of the molecule is C=NC(CC)CCN. The molecule has 0 aliphatic carbocycles. The Kier molecular flexibility index (Phi) is 4.56. The lowest BCUT2D eigenvalue weighted by Crippen LogP contribution is -2.09. The summed E-state index contributed by atoms with van der Waals surface area (Å²) < 4.78 is 0. The monoisotopic (exact) mass is 114 g/mol. The van der Waals surface area contributed by atoms with Crippen molar-refractivity contribution in [1.82, 2.24) is 0 Å². The average Bonchev–Trinajstić information content (AvgIpc) is 1.83. The molecule has 0 saturated carbocycles. The summed E-state index contributed by atoms with van der Waals surface area (Å²) in [5.41, 5.74) is 5.29. The van der Waals surface area contributed by atoms with Gasteiger partial charge in [-0.2, -0.15) is 0 Å². The maximum absolute atomic E-state index is 5.29. The van der Waals surface area contributed by atoms with Crippen LogP contribution in [0.1, 0.15) is 19.8 Å². The summed E-state index contributed by atoms with van der Waals surface area (Å²) in [7, 11) is 0. The molecule has 0 bridgehead atoms. The van der Waals surface area contributed by atoms with Crippen molar-refractivity contribution >= 4 is 6.72 Å². The van der Waals surface area contributed by atoms with Gasteiger partial charge in [-0.25, -0.2) is 0 Å². The molecule has 0 amide bonds. The molecule has 0 rings (SSSR count). The predicted molar refractivity (Wildman–Crippen MR) is 37.3 cm³/mol. The van der Waals surface area contributed by atoms with Gasteiger partial charge in [0.2, 0.25) is 0 Å². The van der Waals surface area contributed by atoms with E-state index >= 15 is 0 Å². The van der Waals surface area contributed by atoms with Gasteiger partial charge in [0.1, 0.15) is 0 Å². The normalized spacial score (nSPS) is 13.2. The number of nitrogens with zero attached hydrogens (tertiary/aromatic N) is 1. The highest BCUT2D eigenvalue weighted by Gasteiger charge is 1.97. The number of nitrogens with two attached hydrogens (primary N) is 1. The maximum Gasteiger partial charge on any atom is 0.0501 e. The number of aliphatic imine (C=N–C) groups is 1. The first-order chi connectivity index (χ1) is 3.85. The number of hydrogen-bond donors (Lipinski definition) is 1. The molecule has 2 nitrogen and oxygen atoms in total. The zero-order valence-electron chi connectivity index (χ0n) is 5.43. The highest BCUT2D eigenvalue weighted by atomic mass is 14.7. The van der Waals surface area contributed by atoms with Crippen molar-refractivity contribution in [3.63, 3.8) is 0 Å². The molecule has 48 valence electrons. The van der Waals surface area contributed by atoms with Crippen LogP contribution in [0.25, 0.3) is 0 Å². The molecule has 2 N–H and O–H groups in total. The number of rotatable bonds is 4. The molecule has 0 aromatic heterocycles. The van der Waals surface area contributed by atoms with Crippen molar-refractivity contribution < 1.29 is 0 Å². The molecule has 0 spiro atoms. The first-order valence-electron chi connectivity index (χ1n) is 3.01. The average molecular weight is 114 g/mol. The third-order valence-corrected chi connectivity index (χ3v) is 1.23. The van der Waals surface area contributed by atoms with Crippen LogP contribution in [-0.2, 0) is 0 Å². The van der Waals surface area contributed by atoms with E-state index in [2.05, 4.69) is 18.6 Å². The van der Waals surface area contributed by atoms with Crippen molar-refractivity contribution in [2.24, 2.45) is 10.7 Å². The van der Waals surface area contributed by atoms with Gasteiger partial charge in [0, 0.05) is 0 Å². The summed E-state index contributed by atoms with van der Waals surface area (Å²) in [6.45, 7) is 6.26. The topological polar surface area (TPSA) is 38.4 Å². The Morgan fingerprint density at radius 2 is 2.38 bits per heavy atom. The van der Waals surface area contributed by atoms with Gasteiger partial charge in [0.05, 0.1) is 6.04 Å². The fourth-order valence-corrected chi connectivity index (χ4v) is 0.617. The quantitative estimate of drug-likeness (QED) is 0.540. The Balaban J connectivity index is 3.21. The van der Waals surface area contributed by atoms with Gasteiger partial charge < -0.3 is 5.73 Å². The lowest BCUT2D eigenvalue weighted by molar-refractivity contribution is 0.610. The molecule has 0 aliphatic rings. The fraction of sp³-hybridized carbons (Fsp3) is 0.833. The molecule has 0 saturated heterocycles. The van der Waals surface area contributed by atoms with E-state index in [1.807, 2.05) is 0 Å². The van der Waals surface area contributed by atoms with Crippen LogP contribution in [0.5, 0.6) is 0 Å². The first kappa shape index (κ1) is 7.63. The maximum atomic E-state index is 5.29. The molecule has 0 radical (unpaired) electrons. The Bertz CT molecular complexity index is 61.5. The molecule has 1 atom stereocenters. The molecule has 8 heavy (non-hydrogen) atoms. The van der Waals surface area contributed by atoms with Crippen molar-refractivity contribution in [2.45, 2.75) is 25.8 Å². The van der Waals surface area contributed by atoms with E-state index in [9.17, 15) is 0 Å². The van der Waals surface area contributed by atoms with E-state index in [-0.39, 0.29) is 0 Å². The van der Waals surface area contributed by atoms with Crippen LogP contribution < -0.4 is 5.73 Å².